The normalized spacial score (nSPS) is 18.8. The second kappa shape index (κ2) is 6.24. The molecule has 1 aromatic rings. The predicted octanol–water partition coefficient (Wildman–Crippen LogP) is 1.07. The van der Waals surface area contributed by atoms with Crippen molar-refractivity contribution in [1.82, 2.24) is 9.97 Å². The maximum atomic E-state index is 11.8. The first-order chi connectivity index (χ1) is 9.16. The van der Waals surface area contributed by atoms with Gasteiger partial charge < -0.3 is 15.2 Å². The van der Waals surface area contributed by atoms with Crippen molar-refractivity contribution in [3.63, 3.8) is 0 Å². The van der Waals surface area contributed by atoms with Crippen LogP contribution in [0.2, 0.25) is 0 Å². The average Bonchev–Trinajstić information content (AvgIpc) is 2.40. The number of carboxylic acids is 1. The van der Waals surface area contributed by atoms with Gasteiger partial charge in [0.1, 0.15) is 0 Å². The van der Waals surface area contributed by atoms with Crippen molar-refractivity contribution in [2.75, 3.05) is 11.9 Å². The first-order valence-electron chi connectivity index (χ1n) is 6.12. The number of amides is 1. The number of ether oxygens (including phenoxy) is 1. The lowest BCUT2D eigenvalue weighted by Gasteiger charge is -2.21. The third-order valence-corrected chi connectivity index (χ3v) is 2.85. The van der Waals surface area contributed by atoms with E-state index in [2.05, 4.69) is 15.3 Å². The molecule has 1 aromatic heterocycles. The molecule has 1 aliphatic rings. The molecule has 2 rings (SSSR count). The van der Waals surface area contributed by atoms with Crippen LogP contribution in [0.3, 0.4) is 0 Å². The fourth-order valence-electron chi connectivity index (χ4n) is 1.94. The van der Waals surface area contributed by atoms with E-state index in [1.807, 2.05) is 0 Å². The number of nitrogens with zero attached hydrogens (tertiary/aromatic N) is 2. The summed E-state index contributed by atoms with van der Waals surface area (Å²) in [4.78, 5) is 30.2. The Kier molecular flexibility index (Phi) is 4.40. The highest BCUT2D eigenvalue weighted by Crippen LogP contribution is 2.16. The van der Waals surface area contributed by atoms with E-state index < -0.39 is 5.97 Å². The lowest BCUT2D eigenvalue weighted by Crippen LogP contribution is -2.26. The lowest BCUT2D eigenvalue weighted by atomic mass is 10.1. The monoisotopic (exact) mass is 265 g/mol. The van der Waals surface area contributed by atoms with E-state index >= 15 is 0 Å². The van der Waals surface area contributed by atoms with Crippen LogP contribution in [-0.4, -0.2) is 39.7 Å². The van der Waals surface area contributed by atoms with Crippen molar-refractivity contribution in [3.05, 3.63) is 18.1 Å². The molecule has 0 spiro atoms. The van der Waals surface area contributed by atoms with Crippen LogP contribution < -0.4 is 5.32 Å². The van der Waals surface area contributed by atoms with Gasteiger partial charge in [0.25, 0.3) is 0 Å². The number of anilines is 1. The zero-order valence-corrected chi connectivity index (χ0v) is 10.3. The van der Waals surface area contributed by atoms with Gasteiger partial charge in [-0.1, -0.05) is 0 Å². The van der Waals surface area contributed by atoms with E-state index in [0.29, 0.717) is 6.61 Å². The summed E-state index contributed by atoms with van der Waals surface area (Å²) in [7, 11) is 0. The maximum absolute atomic E-state index is 11.8. The van der Waals surface area contributed by atoms with Crippen LogP contribution in [0.25, 0.3) is 0 Å². The first-order valence-corrected chi connectivity index (χ1v) is 6.12. The van der Waals surface area contributed by atoms with E-state index in [9.17, 15) is 9.59 Å². The Bertz CT molecular complexity index is 472. The van der Waals surface area contributed by atoms with Crippen molar-refractivity contribution in [2.24, 2.45) is 0 Å². The zero-order chi connectivity index (χ0) is 13.7. The van der Waals surface area contributed by atoms with E-state index in [-0.39, 0.29) is 29.9 Å². The average molecular weight is 265 g/mol. The topological polar surface area (TPSA) is 101 Å². The minimum atomic E-state index is -1.22. The highest BCUT2D eigenvalue weighted by Gasteiger charge is 2.20. The van der Waals surface area contributed by atoms with Gasteiger partial charge in [-0.25, -0.2) is 14.8 Å². The molecule has 1 saturated heterocycles. The van der Waals surface area contributed by atoms with Gasteiger partial charge in [-0.2, -0.15) is 0 Å². The minimum absolute atomic E-state index is 0.0317. The molecule has 1 atom stereocenters. The van der Waals surface area contributed by atoms with Crippen LogP contribution in [0.5, 0.6) is 0 Å². The molecule has 0 radical (unpaired) electrons. The third-order valence-electron chi connectivity index (χ3n) is 2.85. The maximum Gasteiger partial charge on any atom is 0.358 e. The number of nitrogens with one attached hydrogen (secondary N) is 1. The van der Waals surface area contributed by atoms with Gasteiger partial charge in [0.2, 0.25) is 5.91 Å². The molecule has 0 aliphatic carbocycles. The SMILES string of the molecule is O=C(CC1CCCCO1)Nc1nccnc1C(=O)O. The van der Waals surface area contributed by atoms with E-state index in [1.165, 1.54) is 12.4 Å². The number of hydrogen-bond acceptors (Lipinski definition) is 5. The summed E-state index contributed by atoms with van der Waals surface area (Å²) in [5, 5.41) is 11.4. The largest absolute Gasteiger partial charge is 0.476 e. The molecule has 2 N–H and O–H groups in total. The van der Waals surface area contributed by atoms with Crippen LogP contribution in [0.15, 0.2) is 12.4 Å². The summed E-state index contributed by atoms with van der Waals surface area (Å²) in [6.07, 6.45) is 5.62. The summed E-state index contributed by atoms with van der Waals surface area (Å²) in [6, 6.07) is 0. The Hall–Kier alpha value is -2.02. The Morgan fingerprint density at radius 1 is 1.37 bits per heavy atom. The molecule has 19 heavy (non-hydrogen) atoms. The molecular weight excluding hydrogens is 250 g/mol. The van der Waals surface area contributed by atoms with Crippen molar-refractivity contribution < 1.29 is 19.4 Å². The summed E-state index contributed by atoms with van der Waals surface area (Å²) in [6.45, 7) is 0.670. The Labute approximate surface area is 110 Å². The molecule has 102 valence electrons. The fraction of sp³-hybridized carbons (Fsp3) is 0.500. The molecule has 7 nitrogen and oxygen atoms in total. The second-order valence-corrected chi connectivity index (χ2v) is 4.30. The molecule has 0 aromatic carbocycles. The van der Waals surface area contributed by atoms with Gasteiger partial charge in [0.15, 0.2) is 11.5 Å². The van der Waals surface area contributed by atoms with E-state index in [0.717, 1.165) is 19.3 Å². The lowest BCUT2D eigenvalue weighted by molar-refractivity contribution is -0.119. The summed E-state index contributed by atoms with van der Waals surface area (Å²) in [5.74, 6) is -1.57. The number of aromatic carboxylic acids is 1. The van der Waals surface area contributed by atoms with Gasteiger partial charge in [-0.05, 0) is 19.3 Å². The van der Waals surface area contributed by atoms with E-state index in [4.69, 9.17) is 9.84 Å². The van der Waals surface area contributed by atoms with Crippen LogP contribution in [0, 0.1) is 0 Å². The van der Waals surface area contributed by atoms with Gasteiger partial charge in [-0.15, -0.1) is 0 Å². The first kappa shape index (κ1) is 13.4. The number of hydrogen-bond donors (Lipinski definition) is 2. The highest BCUT2D eigenvalue weighted by molar-refractivity contribution is 5.97. The van der Waals surface area contributed by atoms with Crippen molar-refractivity contribution in [3.8, 4) is 0 Å². The minimum Gasteiger partial charge on any atom is -0.476 e. The number of rotatable bonds is 4. The van der Waals surface area contributed by atoms with Gasteiger partial charge in [0.05, 0.1) is 12.5 Å². The molecule has 7 heteroatoms. The molecular formula is C12H15N3O4. The Morgan fingerprint density at radius 2 is 2.16 bits per heavy atom. The Morgan fingerprint density at radius 3 is 2.84 bits per heavy atom. The standard InChI is InChI=1S/C12H15N3O4/c16-9(7-8-3-1-2-6-19-8)15-11-10(12(17)18)13-4-5-14-11/h4-5,8H,1-3,6-7H2,(H,17,18)(H,14,15,16). The third kappa shape index (κ3) is 3.72. The second-order valence-electron chi connectivity index (χ2n) is 4.30. The van der Waals surface area contributed by atoms with Gasteiger partial charge in [-0.3, -0.25) is 4.79 Å². The zero-order valence-electron chi connectivity index (χ0n) is 10.3. The molecule has 1 amide bonds. The number of carboxylic acid groups (broad SMARTS) is 1. The summed E-state index contributed by atoms with van der Waals surface area (Å²) < 4.78 is 5.45. The molecule has 1 fully saturated rings. The van der Waals surface area contributed by atoms with Crippen LogP contribution >= 0.6 is 0 Å². The highest BCUT2D eigenvalue weighted by atomic mass is 16.5. The molecule has 2 heterocycles. The molecule has 1 unspecified atom stereocenters. The van der Waals surface area contributed by atoms with Crippen LogP contribution in [0.4, 0.5) is 5.82 Å². The van der Waals surface area contributed by atoms with Crippen molar-refractivity contribution in [2.45, 2.75) is 31.8 Å². The number of carbonyl (C=O) groups is 2. The van der Waals surface area contributed by atoms with Crippen molar-refractivity contribution in [1.29, 1.82) is 0 Å². The molecule has 0 saturated carbocycles. The fourth-order valence-corrected chi connectivity index (χ4v) is 1.94. The van der Waals surface area contributed by atoms with E-state index in [1.54, 1.807) is 0 Å². The summed E-state index contributed by atoms with van der Waals surface area (Å²) >= 11 is 0. The van der Waals surface area contributed by atoms with Crippen molar-refractivity contribution >= 4 is 17.7 Å². The predicted molar refractivity (Wildman–Crippen MR) is 65.8 cm³/mol. The Balaban J connectivity index is 1.96. The van der Waals surface area contributed by atoms with Crippen LogP contribution in [-0.2, 0) is 9.53 Å². The summed E-state index contributed by atoms with van der Waals surface area (Å²) in [5.41, 5.74) is -0.264. The quantitative estimate of drug-likeness (QED) is 0.844. The van der Waals surface area contributed by atoms with Gasteiger partial charge >= 0.3 is 5.97 Å². The number of aromatic nitrogens is 2. The smallest absolute Gasteiger partial charge is 0.358 e. The molecule has 0 bridgehead atoms. The van der Waals surface area contributed by atoms with Crippen LogP contribution in [0.1, 0.15) is 36.2 Å². The number of carbonyl (C=O) groups excluding carboxylic acids is 1. The molecule has 1 aliphatic heterocycles. The van der Waals surface area contributed by atoms with Gasteiger partial charge in [0, 0.05) is 19.0 Å².